The maximum absolute atomic E-state index is 12.1. The number of nitro groups is 1. The van der Waals surface area contributed by atoms with E-state index in [4.69, 9.17) is 11.6 Å². The summed E-state index contributed by atoms with van der Waals surface area (Å²) in [7, 11) is -3.35. The molecule has 0 aliphatic carbocycles. The molecule has 9 heteroatoms. The SMILES string of the molecule is O=[N+]([O-])c1cnc(N[C@@H]2CS(=O)(=O)c3ccccc32)c(Cl)c1. The molecule has 22 heavy (non-hydrogen) atoms. The summed E-state index contributed by atoms with van der Waals surface area (Å²) < 4.78 is 24.2. The molecule has 0 saturated carbocycles. The first kappa shape index (κ1) is 14.7. The highest BCUT2D eigenvalue weighted by atomic mass is 35.5. The van der Waals surface area contributed by atoms with Crippen LogP contribution in [0.25, 0.3) is 0 Å². The molecule has 0 bridgehead atoms. The molecule has 2 heterocycles. The van der Waals surface area contributed by atoms with Crippen LogP contribution >= 0.6 is 11.6 Å². The van der Waals surface area contributed by atoms with E-state index in [1.165, 1.54) is 6.07 Å². The van der Waals surface area contributed by atoms with Crippen LogP contribution in [0, 0.1) is 10.1 Å². The normalized spacial score (nSPS) is 18.7. The van der Waals surface area contributed by atoms with Crippen LogP contribution in [0.1, 0.15) is 11.6 Å². The summed E-state index contributed by atoms with van der Waals surface area (Å²) in [5.41, 5.74) is 0.411. The Kier molecular flexibility index (Phi) is 3.50. The van der Waals surface area contributed by atoms with Gasteiger partial charge >= 0.3 is 0 Å². The second-order valence-corrected chi connectivity index (χ2v) is 7.21. The van der Waals surface area contributed by atoms with Gasteiger partial charge in [0.1, 0.15) is 12.0 Å². The van der Waals surface area contributed by atoms with Crippen molar-refractivity contribution in [1.29, 1.82) is 0 Å². The topological polar surface area (TPSA) is 102 Å². The Labute approximate surface area is 131 Å². The van der Waals surface area contributed by atoms with Crippen molar-refractivity contribution in [2.75, 3.05) is 11.1 Å². The second-order valence-electron chi connectivity index (χ2n) is 4.80. The van der Waals surface area contributed by atoms with Crippen LogP contribution in [0.5, 0.6) is 0 Å². The zero-order valence-electron chi connectivity index (χ0n) is 11.1. The monoisotopic (exact) mass is 339 g/mol. The summed E-state index contributed by atoms with van der Waals surface area (Å²) in [6.07, 6.45) is 1.07. The van der Waals surface area contributed by atoms with Crippen molar-refractivity contribution in [2.24, 2.45) is 0 Å². The number of hydrogen-bond donors (Lipinski definition) is 1. The number of aromatic nitrogens is 1. The Morgan fingerprint density at radius 2 is 2.09 bits per heavy atom. The summed E-state index contributed by atoms with van der Waals surface area (Å²) in [6.45, 7) is 0. The molecule has 1 aromatic carbocycles. The number of nitrogens with zero attached hydrogens (tertiary/aromatic N) is 2. The Hall–Kier alpha value is -2.19. The molecule has 0 amide bonds. The van der Waals surface area contributed by atoms with Gasteiger partial charge in [-0.25, -0.2) is 13.4 Å². The van der Waals surface area contributed by atoms with Crippen molar-refractivity contribution in [3.8, 4) is 0 Å². The summed E-state index contributed by atoms with van der Waals surface area (Å²) in [6, 6.07) is 7.36. The zero-order chi connectivity index (χ0) is 15.9. The van der Waals surface area contributed by atoms with Crippen LogP contribution in [-0.4, -0.2) is 24.1 Å². The van der Waals surface area contributed by atoms with Gasteiger partial charge in [0.2, 0.25) is 0 Å². The highest BCUT2D eigenvalue weighted by Gasteiger charge is 2.34. The predicted molar refractivity (Wildman–Crippen MR) is 80.8 cm³/mol. The largest absolute Gasteiger partial charge is 0.361 e. The van der Waals surface area contributed by atoms with Crippen molar-refractivity contribution in [3.05, 3.63) is 57.2 Å². The molecule has 114 valence electrons. The number of fused-ring (bicyclic) bond motifs is 1. The van der Waals surface area contributed by atoms with Gasteiger partial charge in [-0.2, -0.15) is 0 Å². The molecule has 3 rings (SSSR count). The first-order chi connectivity index (χ1) is 10.4. The van der Waals surface area contributed by atoms with Crippen LogP contribution in [0.2, 0.25) is 5.02 Å². The maximum Gasteiger partial charge on any atom is 0.289 e. The Bertz CT molecular complexity index is 869. The smallest absolute Gasteiger partial charge is 0.289 e. The third-order valence-electron chi connectivity index (χ3n) is 3.36. The second kappa shape index (κ2) is 5.22. The fraction of sp³-hybridized carbons (Fsp3) is 0.154. The molecule has 0 radical (unpaired) electrons. The minimum atomic E-state index is -3.35. The van der Waals surface area contributed by atoms with E-state index in [9.17, 15) is 18.5 Å². The van der Waals surface area contributed by atoms with Crippen LogP contribution < -0.4 is 5.32 Å². The van der Waals surface area contributed by atoms with Crippen LogP contribution in [0.3, 0.4) is 0 Å². The van der Waals surface area contributed by atoms with Gasteiger partial charge in [0, 0.05) is 6.07 Å². The predicted octanol–water partition coefficient (Wildman–Crippen LogP) is 2.58. The molecule has 1 atom stereocenters. The van der Waals surface area contributed by atoms with Crippen molar-refractivity contribution >= 4 is 32.9 Å². The van der Waals surface area contributed by atoms with Gasteiger partial charge in [0.05, 0.1) is 26.6 Å². The lowest BCUT2D eigenvalue weighted by molar-refractivity contribution is -0.385. The molecule has 1 N–H and O–H groups in total. The molecule has 0 unspecified atom stereocenters. The van der Waals surface area contributed by atoms with Crippen molar-refractivity contribution in [2.45, 2.75) is 10.9 Å². The van der Waals surface area contributed by atoms with Crippen molar-refractivity contribution < 1.29 is 13.3 Å². The molecular formula is C13H10ClN3O4S. The average Bonchev–Trinajstić information content (AvgIpc) is 2.73. The number of benzene rings is 1. The number of pyridine rings is 1. The highest BCUT2D eigenvalue weighted by Crippen LogP contribution is 2.36. The number of nitrogens with one attached hydrogen (secondary N) is 1. The van der Waals surface area contributed by atoms with E-state index < -0.39 is 20.8 Å². The molecule has 1 aliphatic heterocycles. The quantitative estimate of drug-likeness (QED) is 0.681. The minimum Gasteiger partial charge on any atom is -0.361 e. The van der Waals surface area contributed by atoms with Crippen molar-refractivity contribution in [3.63, 3.8) is 0 Å². The van der Waals surface area contributed by atoms with Gasteiger partial charge in [-0.1, -0.05) is 29.8 Å². The molecule has 0 fully saturated rings. The molecule has 7 nitrogen and oxygen atoms in total. The van der Waals surface area contributed by atoms with E-state index in [-0.39, 0.29) is 27.2 Å². The summed E-state index contributed by atoms with van der Waals surface area (Å²) in [4.78, 5) is 14.3. The van der Waals surface area contributed by atoms with Gasteiger partial charge in [-0.05, 0) is 11.6 Å². The van der Waals surface area contributed by atoms with E-state index in [0.717, 1.165) is 6.20 Å². The minimum absolute atomic E-state index is 0.0657. The third kappa shape index (κ3) is 2.51. The third-order valence-corrected chi connectivity index (χ3v) is 5.47. The van der Waals surface area contributed by atoms with Crippen LogP contribution in [0.4, 0.5) is 11.5 Å². The molecule has 0 saturated heterocycles. The van der Waals surface area contributed by atoms with Gasteiger partial charge in [0.15, 0.2) is 9.84 Å². The summed E-state index contributed by atoms with van der Waals surface area (Å²) >= 11 is 5.97. The standard InChI is InChI=1S/C13H10ClN3O4S/c14-10-5-8(17(18)19)6-15-13(10)16-11-7-22(20,21)12-4-2-1-3-9(11)12/h1-6,11H,7H2,(H,15,16)/t11-/m1/s1. The van der Waals surface area contributed by atoms with E-state index in [1.807, 2.05) is 0 Å². The van der Waals surface area contributed by atoms with Crippen molar-refractivity contribution in [1.82, 2.24) is 4.98 Å². The first-order valence-electron chi connectivity index (χ1n) is 6.26. The lowest BCUT2D eigenvalue weighted by Crippen LogP contribution is -2.14. The van der Waals surface area contributed by atoms with Gasteiger partial charge in [0.25, 0.3) is 5.69 Å². The van der Waals surface area contributed by atoms with E-state index in [0.29, 0.717) is 5.56 Å². The fourth-order valence-corrected chi connectivity index (χ4v) is 4.32. The number of anilines is 1. The molecular weight excluding hydrogens is 330 g/mol. The molecule has 1 aliphatic rings. The zero-order valence-corrected chi connectivity index (χ0v) is 12.6. The Balaban J connectivity index is 1.94. The molecule has 0 spiro atoms. The van der Waals surface area contributed by atoms with Crippen LogP contribution in [-0.2, 0) is 9.84 Å². The number of sulfone groups is 1. The highest BCUT2D eigenvalue weighted by molar-refractivity contribution is 7.91. The first-order valence-corrected chi connectivity index (χ1v) is 8.29. The summed E-state index contributed by atoms with van der Waals surface area (Å²) in [5.74, 6) is 0.102. The maximum atomic E-state index is 12.1. The number of rotatable bonds is 3. The van der Waals surface area contributed by atoms with Crippen LogP contribution in [0.15, 0.2) is 41.4 Å². The average molecular weight is 340 g/mol. The summed E-state index contributed by atoms with van der Waals surface area (Å²) in [5, 5.41) is 13.7. The molecule has 2 aromatic rings. The molecule has 1 aromatic heterocycles. The number of halogens is 1. The van der Waals surface area contributed by atoms with E-state index in [1.54, 1.807) is 24.3 Å². The van der Waals surface area contributed by atoms with E-state index >= 15 is 0 Å². The fourth-order valence-electron chi connectivity index (χ4n) is 2.37. The Morgan fingerprint density at radius 1 is 1.36 bits per heavy atom. The number of hydrogen-bond acceptors (Lipinski definition) is 6. The Morgan fingerprint density at radius 3 is 2.77 bits per heavy atom. The van der Waals surface area contributed by atoms with Gasteiger partial charge in [-0.3, -0.25) is 10.1 Å². The van der Waals surface area contributed by atoms with E-state index in [2.05, 4.69) is 10.3 Å². The van der Waals surface area contributed by atoms with Gasteiger partial charge in [-0.15, -0.1) is 0 Å². The van der Waals surface area contributed by atoms with Gasteiger partial charge < -0.3 is 5.32 Å². The lowest BCUT2D eigenvalue weighted by Gasteiger charge is -2.14. The lowest BCUT2D eigenvalue weighted by atomic mass is 10.1.